The maximum Gasteiger partial charge on any atom is 0.231 e. The summed E-state index contributed by atoms with van der Waals surface area (Å²) in [6.45, 7) is 2.86. The van der Waals surface area contributed by atoms with E-state index in [9.17, 15) is 0 Å². The quantitative estimate of drug-likeness (QED) is 0.687. The first-order valence-electron chi connectivity index (χ1n) is 9.32. The largest absolute Gasteiger partial charge is 0.493 e. The van der Waals surface area contributed by atoms with Crippen LogP contribution in [0.2, 0.25) is 0 Å². The molecule has 0 radical (unpaired) electrons. The van der Waals surface area contributed by atoms with E-state index in [2.05, 4.69) is 39.0 Å². The van der Waals surface area contributed by atoms with Crippen molar-refractivity contribution in [3.63, 3.8) is 0 Å². The van der Waals surface area contributed by atoms with Gasteiger partial charge in [0.1, 0.15) is 0 Å². The molecule has 1 atom stereocenters. The van der Waals surface area contributed by atoms with Crippen LogP contribution in [-0.2, 0) is 19.4 Å². The number of hydrogen-bond donors (Lipinski definition) is 0. The highest BCUT2D eigenvalue weighted by molar-refractivity contribution is 9.09. The molecule has 0 saturated carbocycles. The van der Waals surface area contributed by atoms with Gasteiger partial charge < -0.3 is 18.9 Å². The smallest absolute Gasteiger partial charge is 0.231 e. The van der Waals surface area contributed by atoms with Crippen LogP contribution in [0.1, 0.15) is 28.3 Å². The van der Waals surface area contributed by atoms with Crippen LogP contribution < -0.4 is 18.9 Å². The SMILES string of the molecule is COc1ccc2c(c1OCCBr)CN1CCc3cc4c(cc3C1C2)OCO4. The van der Waals surface area contributed by atoms with Gasteiger partial charge in [-0.15, -0.1) is 0 Å². The zero-order valence-corrected chi connectivity index (χ0v) is 16.9. The monoisotopic (exact) mass is 431 g/mol. The Labute approximate surface area is 167 Å². The van der Waals surface area contributed by atoms with Crippen LogP contribution in [0.4, 0.5) is 0 Å². The van der Waals surface area contributed by atoms with E-state index in [-0.39, 0.29) is 0 Å². The fourth-order valence-corrected chi connectivity index (χ4v) is 4.62. The third kappa shape index (κ3) is 2.86. The number of ether oxygens (including phenoxy) is 4. The predicted molar refractivity (Wildman–Crippen MR) is 105 cm³/mol. The molecule has 5 nitrogen and oxygen atoms in total. The van der Waals surface area contributed by atoms with E-state index in [4.69, 9.17) is 18.9 Å². The molecule has 6 heteroatoms. The summed E-state index contributed by atoms with van der Waals surface area (Å²) in [5, 5.41) is 0.798. The van der Waals surface area contributed by atoms with Gasteiger partial charge in [-0.3, -0.25) is 4.90 Å². The van der Waals surface area contributed by atoms with E-state index in [0.29, 0.717) is 19.4 Å². The molecule has 1 unspecified atom stereocenters. The zero-order chi connectivity index (χ0) is 18.4. The van der Waals surface area contributed by atoms with Gasteiger partial charge in [-0.2, -0.15) is 0 Å². The highest BCUT2D eigenvalue weighted by Crippen LogP contribution is 2.46. The molecular formula is C21H22BrNO4. The molecule has 142 valence electrons. The van der Waals surface area contributed by atoms with Gasteiger partial charge in [0.15, 0.2) is 23.0 Å². The molecule has 0 N–H and O–H groups in total. The highest BCUT2D eigenvalue weighted by Gasteiger charge is 2.35. The average Bonchev–Trinajstić information content (AvgIpc) is 3.16. The first kappa shape index (κ1) is 17.2. The Morgan fingerprint density at radius 3 is 2.85 bits per heavy atom. The normalized spacial score (nSPS) is 19.9. The van der Waals surface area contributed by atoms with Crippen molar-refractivity contribution in [3.8, 4) is 23.0 Å². The number of benzene rings is 2. The van der Waals surface area contributed by atoms with Crippen molar-refractivity contribution in [2.75, 3.05) is 32.4 Å². The minimum atomic E-state index is 0.323. The van der Waals surface area contributed by atoms with Crippen molar-refractivity contribution in [1.29, 1.82) is 0 Å². The molecule has 0 spiro atoms. The van der Waals surface area contributed by atoms with Crippen LogP contribution in [0.5, 0.6) is 23.0 Å². The summed E-state index contributed by atoms with van der Waals surface area (Å²) in [6, 6.07) is 8.94. The molecule has 3 aliphatic rings. The van der Waals surface area contributed by atoms with Crippen LogP contribution in [-0.4, -0.2) is 37.3 Å². The third-order valence-electron chi connectivity index (χ3n) is 5.74. The van der Waals surface area contributed by atoms with Crippen molar-refractivity contribution < 1.29 is 18.9 Å². The van der Waals surface area contributed by atoms with Crippen LogP contribution in [0.25, 0.3) is 0 Å². The summed E-state index contributed by atoms with van der Waals surface area (Å²) in [5.41, 5.74) is 5.35. The van der Waals surface area contributed by atoms with Gasteiger partial charge in [0.25, 0.3) is 0 Å². The fraction of sp³-hybridized carbons (Fsp3) is 0.429. The van der Waals surface area contributed by atoms with Crippen molar-refractivity contribution in [2.24, 2.45) is 0 Å². The Hall–Kier alpha value is -1.92. The number of methoxy groups -OCH3 is 1. The molecule has 0 saturated heterocycles. The summed E-state index contributed by atoms with van der Waals surface area (Å²) in [4.78, 5) is 2.55. The summed E-state index contributed by atoms with van der Waals surface area (Å²) in [7, 11) is 1.70. The van der Waals surface area contributed by atoms with E-state index in [1.165, 1.54) is 22.3 Å². The third-order valence-corrected chi connectivity index (χ3v) is 6.07. The van der Waals surface area contributed by atoms with Crippen molar-refractivity contribution in [2.45, 2.75) is 25.4 Å². The van der Waals surface area contributed by atoms with Crippen molar-refractivity contribution >= 4 is 15.9 Å². The lowest BCUT2D eigenvalue weighted by Gasteiger charge is -2.42. The molecule has 2 aromatic carbocycles. The number of alkyl halides is 1. The van der Waals surface area contributed by atoms with E-state index in [1.54, 1.807) is 7.11 Å². The highest BCUT2D eigenvalue weighted by atomic mass is 79.9. The maximum absolute atomic E-state index is 6.05. The van der Waals surface area contributed by atoms with E-state index in [1.807, 2.05) is 6.07 Å². The van der Waals surface area contributed by atoms with Gasteiger partial charge in [-0.05, 0) is 47.7 Å². The molecule has 0 bridgehead atoms. The second kappa shape index (κ2) is 6.91. The second-order valence-corrected chi connectivity index (χ2v) is 7.91. The number of nitrogens with zero attached hydrogens (tertiary/aromatic N) is 1. The van der Waals surface area contributed by atoms with Gasteiger partial charge in [-0.25, -0.2) is 0 Å². The molecular weight excluding hydrogens is 410 g/mol. The maximum atomic E-state index is 6.05. The van der Waals surface area contributed by atoms with Crippen LogP contribution in [0.3, 0.4) is 0 Å². The lowest BCUT2D eigenvalue weighted by atomic mass is 9.83. The molecule has 27 heavy (non-hydrogen) atoms. The molecule has 0 aliphatic carbocycles. The Balaban J connectivity index is 1.53. The number of rotatable bonds is 4. The Kier molecular flexibility index (Phi) is 4.40. The Morgan fingerprint density at radius 2 is 2.04 bits per heavy atom. The minimum Gasteiger partial charge on any atom is -0.493 e. The Morgan fingerprint density at radius 1 is 1.19 bits per heavy atom. The van der Waals surface area contributed by atoms with Gasteiger partial charge in [0.05, 0.1) is 13.7 Å². The Bertz CT molecular complexity index is 885. The van der Waals surface area contributed by atoms with Crippen LogP contribution >= 0.6 is 15.9 Å². The van der Waals surface area contributed by atoms with Crippen molar-refractivity contribution in [3.05, 3.63) is 46.5 Å². The summed E-state index contributed by atoms with van der Waals surface area (Å²) in [6.07, 6.45) is 2.00. The fourth-order valence-electron chi connectivity index (χ4n) is 4.45. The summed E-state index contributed by atoms with van der Waals surface area (Å²) < 4.78 is 22.8. The number of halogens is 1. The second-order valence-electron chi connectivity index (χ2n) is 7.12. The number of fused-ring (bicyclic) bond motifs is 5. The molecule has 3 aliphatic heterocycles. The first-order chi connectivity index (χ1) is 13.3. The summed E-state index contributed by atoms with van der Waals surface area (Å²) in [5.74, 6) is 3.46. The lowest BCUT2D eigenvalue weighted by molar-refractivity contribution is 0.156. The molecule has 0 fully saturated rings. The number of hydrogen-bond acceptors (Lipinski definition) is 5. The van der Waals surface area contributed by atoms with E-state index in [0.717, 1.165) is 54.3 Å². The lowest BCUT2D eigenvalue weighted by Crippen LogP contribution is -2.39. The van der Waals surface area contributed by atoms with Crippen molar-refractivity contribution in [1.82, 2.24) is 4.90 Å². The zero-order valence-electron chi connectivity index (χ0n) is 15.3. The van der Waals surface area contributed by atoms with Gasteiger partial charge >= 0.3 is 0 Å². The van der Waals surface area contributed by atoms with Gasteiger partial charge in [-0.1, -0.05) is 22.0 Å². The summed E-state index contributed by atoms with van der Waals surface area (Å²) >= 11 is 3.45. The minimum absolute atomic E-state index is 0.323. The average molecular weight is 432 g/mol. The molecule has 2 aromatic rings. The van der Waals surface area contributed by atoms with Gasteiger partial charge in [0.2, 0.25) is 6.79 Å². The molecule has 0 amide bonds. The standard InChI is InChI=1S/C21H22BrNO4/c1-24-18-3-2-13-8-17-15-10-20-19(26-12-27-20)9-14(15)4-6-23(17)11-16(13)21(18)25-7-5-22/h2-3,9-10,17H,4-8,11-12H2,1H3. The predicted octanol–water partition coefficient (Wildman–Crippen LogP) is 3.85. The van der Waals surface area contributed by atoms with Gasteiger partial charge in [0, 0.05) is 30.0 Å². The first-order valence-corrected chi connectivity index (χ1v) is 10.4. The van der Waals surface area contributed by atoms with Crippen LogP contribution in [0, 0.1) is 0 Å². The van der Waals surface area contributed by atoms with E-state index < -0.39 is 0 Å². The molecule has 0 aromatic heterocycles. The van der Waals surface area contributed by atoms with Crippen LogP contribution in [0.15, 0.2) is 24.3 Å². The topological polar surface area (TPSA) is 40.2 Å². The molecule has 5 rings (SSSR count). The van der Waals surface area contributed by atoms with E-state index >= 15 is 0 Å². The molecule has 3 heterocycles.